The second-order valence-corrected chi connectivity index (χ2v) is 7.00. The molecule has 1 aromatic carbocycles. The van der Waals surface area contributed by atoms with Gasteiger partial charge >= 0.3 is 0 Å². The molecule has 1 heteroatoms. The van der Waals surface area contributed by atoms with Crippen LogP contribution in [0.15, 0.2) is 67.0 Å². The summed E-state index contributed by atoms with van der Waals surface area (Å²) < 4.78 is 0. The molecule has 0 atom stereocenters. The number of hydrogen-bond acceptors (Lipinski definition) is 1. The summed E-state index contributed by atoms with van der Waals surface area (Å²) >= 11 is 0. The predicted octanol–water partition coefficient (Wildman–Crippen LogP) is 7.98. The van der Waals surface area contributed by atoms with E-state index in [1.807, 2.05) is 20.8 Å². The maximum atomic E-state index is 9.35. The average Bonchev–Trinajstić information content (AvgIpc) is 2.67. The van der Waals surface area contributed by atoms with Gasteiger partial charge in [0.1, 0.15) is 0 Å². The molecule has 1 nitrogen and oxygen atoms in total. The van der Waals surface area contributed by atoms with Crippen molar-refractivity contribution in [3.05, 3.63) is 78.1 Å². The van der Waals surface area contributed by atoms with E-state index in [1.165, 1.54) is 42.4 Å². The Bertz CT molecular complexity index is 623. The van der Waals surface area contributed by atoms with Gasteiger partial charge in [-0.25, -0.2) is 0 Å². The molecule has 1 aliphatic carbocycles. The molecule has 0 aromatic heterocycles. The Morgan fingerprint density at radius 1 is 1.04 bits per heavy atom. The molecule has 0 amide bonds. The molecule has 0 saturated heterocycles. The summed E-state index contributed by atoms with van der Waals surface area (Å²) in [5.74, 6) is 1.59. The quantitative estimate of drug-likeness (QED) is 0.406. The van der Waals surface area contributed by atoms with Crippen LogP contribution in [0, 0.1) is 5.92 Å². The van der Waals surface area contributed by atoms with Crippen molar-refractivity contribution in [3.63, 3.8) is 0 Å². The van der Waals surface area contributed by atoms with Crippen LogP contribution in [-0.2, 0) is 0 Å². The molecule has 0 heterocycles. The van der Waals surface area contributed by atoms with Gasteiger partial charge < -0.3 is 5.11 Å². The maximum absolute atomic E-state index is 9.35. The summed E-state index contributed by atoms with van der Waals surface area (Å²) in [6.07, 6.45) is 11.8. The van der Waals surface area contributed by atoms with E-state index in [-0.39, 0.29) is 0 Å². The van der Waals surface area contributed by atoms with E-state index >= 15 is 0 Å². The standard InChI is InChI=1S/C23H30O.C2H6/c1-5-17(2)6-7-18(3)21-12-14-23(15-13-21)22-10-8-20(9-11-22)16-19(4)24;1-2/h5-7,12-15,20,22,24H,3-4,8-11,16H2,1-2H3;1-2H3/b7-6-,17-5-;. The van der Waals surface area contributed by atoms with Crippen molar-refractivity contribution in [2.24, 2.45) is 5.92 Å². The highest BCUT2D eigenvalue weighted by Gasteiger charge is 2.22. The van der Waals surface area contributed by atoms with Gasteiger partial charge in [-0.15, -0.1) is 0 Å². The first-order valence-corrected chi connectivity index (χ1v) is 9.96. The molecule has 142 valence electrons. The van der Waals surface area contributed by atoms with Crippen molar-refractivity contribution in [3.8, 4) is 0 Å². The molecule has 0 unspecified atom stereocenters. The SMILES string of the molecule is C=C(O)CC1CCC(c2ccc(C(=C)/C=C\C(C)=C/C)cc2)CC1.CC. The summed E-state index contributed by atoms with van der Waals surface area (Å²) in [6.45, 7) is 15.9. The molecule has 1 saturated carbocycles. The van der Waals surface area contributed by atoms with Gasteiger partial charge in [0.05, 0.1) is 5.76 Å². The first-order valence-electron chi connectivity index (χ1n) is 9.96. The van der Waals surface area contributed by atoms with E-state index in [4.69, 9.17) is 0 Å². The van der Waals surface area contributed by atoms with E-state index < -0.39 is 0 Å². The van der Waals surface area contributed by atoms with Gasteiger partial charge in [0.15, 0.2) is 0 Å². The number of aliphatic hydroxyl groups is 1. The molecule has 0 bridgehead atoms. The first-order chi connectivity index (χ1) is 12.5. The minimum Gasteiger partial charge on any atom is -0.513 e. The van der Waals surface area contributed by atoms with Crippen LogP contribution in [0.5, 0.6) is 0 Å². The maximum Gasteiger partial charge on any atom is 0.0853 e. The Kier molecular flexibility index (Phi) is 9.80. The third-order valence-electron chi connectivity index (χ3n) is 5.13. The van der Waals surface area contributed by atoms with E-state index in [9.17, 15) is 5.11 Å². The molecule has 0 aliphatic heterocycles. The van der Waals surface area contributed by atoms with Gasteiger partial charge in [-0.3, -0.25) is 0 Å². The van der Waals surface area contributed by atoms with Gasteiger partial charge in [0, 0.05) is 6.42 Å². The highest BCUT2D eigenvalue weighted by molar-refractivity contribution is 5.72. The Labute approximate surface area is 160 Å². The Hall–Kier alpha value is -2.02. The van der Waals surface area contributed by atoms with Crippen LogP contribution in [0.2, 0.25) is 0 Å². The van der Waals surface area contributed by atoms with E-state index in [2.05, 4.69) is 62.6 Å². The van der Waals surface area contributed by atoms with Crippen molar-refractivity contribution < 1.29 is 5.11 Å². The number of allylic oxidation sites excluding steroid dienone is 6. The summed E-state index contributed by atoms with van der Waals surface area (Å²) in [4.78, 5) is 0. The van der Waals surface area contributed by atoms with E-state index in [0.29, 0.717) is 17.6 Å². The molecule has 1 aromatic rings. The highest BCUT2D eigenvalue weighted by Crippen LogP contribution is 2.38. The van der Waals surface area contributed by atoms with Crippen LogP contribution in [-0.4, -0.2) is 5.11 Å². The normalized spacial score (nSPS) is 20.4. The fraction of sp³-hybridized carbons (Fsp3) is 0.440. The lowest BCUT2D eigenvalue weighted by atomic mass is 9.77. The number of rotatable bonds is 6. The first kappa shape index (κ1) is 22.0. The molecule has 0 radical (unpaired) electrons. The van der Waals surface area contributed by atoms with Crippen LogP contribution < -0.4 is 0 Å². The Morgan fingerprint density at radius 2 is 1.62 bits per heavy atom. The summed E-state index contributed by atoms with van der Waals surface area (Å²) in [5, 5.41) is 9.35. The molecule has 26 heavy (non-hydrogen) atoms. The van der Waals surface area contributed by atoms with Crippen LogP contribution in [0.1, 0.15) is 76.8 Å². The minimum atomic E-state index is 0.336. The average molecular weight is 353 g/mol. The van der Waals surface area contributed by atoms with Crippen LogP contribution in [0.4, 0.5) is 0 Å². The largest absolute Gasteiger partial charge is 0.513 e. The van der Waals surface area contributed by atoms with Crippen molar-refractivity contribution in [1.29, 1.82) is 0 Å². The topological polar surface area (TPSA) is 20.2 Å². The lowest BCUT2D eigenvalue weighted by molar-refractivity contribution is 0.281. The lowest BCUT2D eigenvalue weighted by Crippen LogP contribution is -2.13. The zero-order valence-corrected chi connectivity index (χ0v) is 17.1. The minimum absolute atomic E-state index is 0.336. The summed E-state index contributed by atoms with van der Waals surface area (Å²) in [5.41, 5.74) is 4.91. The van der Waals surface area contributed by atoms with Gasteiger partial charge in [0.25, 0.3) is 0 Å². The molecule has 0 spiro atoms. The van der Waals surface area contributed by atoms with Crippen molar-refractivity contribution in [2.45, 2.75) is 65.7 Å². The number of hydrogen-bond donors (Lipinski definition) is 1. The molecule has 1 aliphatic rings. The summed E-state index contributed by atoms with van der Waals surface area (Å²) in [6, 6.07) is 8.89. The second kappa shape index (κ2) is 11.6. The third kappa shape index (κ3) is 7.07. The van der Waals surface area contributed by atoms with Crippen molar-refractivity contribution >= 4 is 5.57 Å². The highest BCUT2D eigenvalue weighted by atomic mass is 16.3. The Balaban J connectivity index is 0.00000163. The second-order valence-electron chi connectivity index (χ2n) is 7.00. The van der Waals surface area contributed by atoms with Gasteiger partial charge in [-0.2, -0.15) is 0 Å². The zero-order chi connectivity index (χ0) is 19.5. The van der Waals surface area contributed by atoms with Gasteiger partial charge in [-0.05, 0) is 68.1 Å². The number of aliphatic hydroxyl groups excluding tert-OH is 1. The molecular weight excluding hydrogens is 316 g/mol. The van der Waals surface area contributed by atoms with Crippen LogP contribution >= 0.6 is 0 Å². The fourth-order valence-electron chi connectivity index (χ4n) is 3.43. The van der Waals surface area contributed by atoms with E-state index in [1.54, 1.807) is 0 Å². The number of benzene rings is 1. The predicted molar refractivity (Wildman–Crippen MR) is 116 cm³/mol. The molecule has 2 rings (SSSR count). The fourth-order valence-corrected chi connectivity index (χ4v) is 3.43. The smallest absolute Gasteiger partial charge is 0.0853 e. The van der Waals surface area contributed by atoms with Gasteiger partial charge in [0.2, 0.25) is 0 Å². The third-order valence-corrected chi connectivity index (χ3v) is 5.13. The van der Waals surface area contributed by atoms with E-state index in [0.717, 1.165) is 12.0 Å². The molecular formula is C25H36O. The Morgan fingerprint density at radius 3 is 2.12 bits per heavy atom. The van der Waals surface area contributed by atoms with Crippen LogP contribution in [0.3, 0.4) is 0 Å². The van der Waals surface area contributed by atoms with Gasteiger partial charge in [-0.1, -0.05) is 75.1 Å². The zero-order valence-electron chi connectivity index (χ0n) is 17.1. The molecule has 1 N–H and O–H groups in total. The molecule has 1 fully saturated rings. The van der Waals surface area contributed by atoms with Crippen LogP contribution in [0.25, 0.3) is 5.57 Å². The summed E-state index contributed by atoms with van der Waals surface area (Å²) in [7, 11) is 0. The van der Waals surface area contributed by atoms with Crippen molar-refractivity contribution in [2.75, 3.05) is 0 Å². The van der Waals surface area contributed by atoms with Crippen molar-refractivity contribution in [1.82, 2.24) is 0 Å². The monoisotopic (exact) mass is 352 g/mol. The lowest BCUT2D eigenvalue weighted by Gasteiger charge is -2.28.